The van der Waals surface area contributed by atoms with E-state index in [2.05, 4.69) is 15.5 Å². The highest BCUT2D eigenvalue weighted by atomic mass is 32.1. The summed E-state index contributed by atoms with van der Waals surface area (Å²) in [5.74, 6) is -1.15. The first kappa shape index (κ1) is 23.4. The maximum absolute atomic E-state index is 13.3. The van der Waals surface area contributed by atoms with Crippen LogP contribution in [0.4, 0.5) is 31.5 Å². The van der Waals surface area contributed by atoms with Crippen LogP contribution in [0.1, 0.15) is 29.3 Å². The van der Waals surface area contributed by atoms with E-state index in [9.17, 15) is 31.1 Å². The second-order valence-electron chi connectivity index (χ2n) is 5.63. The predicted octanol–water partition coefficient (Wildman–Crippen LogP) is 4.74. The molecule has 1 aromatic carbocycles. The molecule has 13 heteroatoms. The molecule has 1 heterocycles. The van der Waals surface area contributed by atoms with Crippen LogP contribution in [-0.2, 0) is 28.3 Å². The van der Waals surface area contributed by atoms with Gasteiger partial charge in [-0.25, -0.2) is 4.98 Å². The lowest BCUT2D eigenvalue weighted by molar-refractivity contribution is -0.144. The first-order valence-electron chi connectivity index (χ1n) is 8.21. The fourth-order valence-corrected chi connectivity index (χ4v) is 2.94. The van der Waals surface area contributed by atoms with Crippen molar-refractivity contribution in [2.24, 2.45) is 5.10 Å². The quantitative estimate of drug-likeness (QED) is 0.283. The molecule has 1 N–H and O–H groups in total. The molecule has 0 aliphatic rings. The van der Waals surface area contributed by atoms with Gasteiger partial charge in [0.1, 0.15) is 5.75 Å². The van der Waals surface area contributed by atoms with Gasteiger partial charge in [0.2, 0.25) is 5.13 Å². The minimum absolute atomic E-state index is 0.00921. The van der Waals surface area contributed by atoms with E-state index in [-0.39, 0.29) is 24.2 Å². The number of anilines is 1. The molecule has 2 aromatic rings. The minimum atomic E-state index is -5.08. The molecule has 0 radical (unpaired) electrons. The zero-order valence-electron chi connectivity index (χ0n) is 15.5. The Balaban J connectivity index is 2.28. The highest BCUT2D eigenvalue weighted by Gasteiger charge is 2.39. The Morgan fingerprint density at radius 2 is 1.93 bits per heavy atom. The van der Waals surface area contributed by atoms with Crippen molar-refractivity contribution in [3.8, 4) is 5.75 Å². The zero-order chi connectivity index (χ0) is 22.5. The van der Waals surface area contributed by atoms with Crippen LogP contribution in [-0.4, -0.2) is 30.9 Å². The van der Waals surface area contributed by atoms with Gasteiger partial charge in [-0.2, -0.15) is 31.4 Å². The number of alkyl halides is 6. The Bertz CT molecular complexity index is 924. The number of aromatic nitrogens is 1. The van der Waals surface area contributed by atoms with E-state index in [1.807, 2.05) is 0 Å². The third-order valence-corrected chi connectivity index (χ3v) is 4.33. The molecule has 30 heavy (non-hydrogen) atoms. The monoisotopic (exact) mass is 455 g/mol. The highest BCUT2D eigenvalue weighted by Crippen LogP contribution is 2.40. The first-order valence-corrected chi connectivity index (χ1v) is 9.09. The van der Waals surface area contributed by atoms with Crippen molar-refractivity contribution in [3.05, 3.63) is 39.9 Å². The Kier molecular flexibility index (Phi) is 7.29. The molecular weight excluding hydrogens is 440 g/mol. The molecule has 0 amide bonds. The van der Waals surface area contributed by atoms with Crippen molar-refractivity contribution in [2.45, 2.75) is 25.7 Å². The summed E-state index contributed by atoms with van der Waals surface area (Å²) in [4.78, 5) is 15.4. The molecule has 0 aliphatic heterocycles. The van der Waals surface area contributed by atoms with Crippen molar-refractivity contribution in [1.29, 1.82) is 0 Å². The topological polar surface area (TPSA) is 72.8 Å². The van der Waals surface area contributed by atoms with Crippen LogP contribution in [0.5, 0.6) is 5.75 Å². The van der Waals surface area contributed by atoms with Crippen LogP contribution in [0, 0.1) is 0 Å². The molecule has 2 rings (SSSR count). The number of hydrogen-bond acceptors (Lipinski definition) is 7. The van der Waals surface area contributed by atoms with Crippen LogP contribution in [0.3, 0.4) is 0 Å². The van der Waals surface area contributed by atoms with Crippen LogP contribution in [0.15, 0.2) is 22.6 Å². The van der Waals surface area contributed by atoms with Gasteiger partial charge in [0, 0.05) is 10.9 Å². The van der Waals surface area contributed by atoms with Crippen LogP contribution in [0.25, 0.3) is 0 Å². The lowest BCUT2D eigenvalue weighted by Crippen LogP contribution is -2.15. The maximum atomic E-state index is 13.3. The average molecular weight is 455 g/mol. The molecule has 0 atom stereocenters. The molecular formula is C17H15F6N3O3S. The SMILES string of the molecule is CCOC(=O)Cc1csc(NN=Cc2c(OC)cc(C(F)(F)F)cc2C(F)(F)F)n1. The maximum Gasteiger partial charge on any atom is 0.417 e. The Morgan fingerprint density at radius 1 is 1.23 bits per heavy atom. The van der Waals surface area contributed by atoms with Crippen LogP contribution < -0.4 is 10.2 Å². The summed E-state index contributed by atoms with van der Waals surface area (Å²) in [5.41, 5.74) is -1.01. The summed E-state index contributed by atoms with van der Waals surface area (Å²) < 4.78 is 88.1. The Hall–Kier alpha value is -2.83. The molecule has 0 saturated carbocycles. The number of carbonyl (C=O) groups excluding carboxylic acids is 1. The lowest BCUT2D eigenvalue weighted by Gasteiger charge is -2.17. The second kappa shape index (κ2) is 9.32. The van der Waals surface area contributed by atoms with E-state index >= 15 is 0 Å². The summed E-state index contributed by atoms with van der Waals surface area (Å²) in [7, 11) is 0.947. The number of benzene rings is 1. The van der Waals surface area contributed by atoms with Gasteiger partial charge < -0.3 is 9.47 Å². The number of nitrogens with zero attached hydrogens (tertiary/aromatic N) is 2. The van der Waals surface area contributed by atoms with Gasteiger partial charge in [-0.15, -0.1) is 11.3 Å². The molecule has 0 spiro atoms. The summed E-state index contributed by atoms with van der Waals surface area (Å²) in [5, 5.41) is 5.29. The summed E-state index contributed by atoms with van der Waals surface area (Å²) in [6.07, 6.45) is -9.48. The van der Waals surface area contributed by atoms with Gasteiger partial charge in [-0.3, -0.25) is 10.2 Å². The highest BCUT2D eigenvalue weighted by molar-refractivity contribution is 7.13. The number of ether oxygens (including phenoxy) is 2. The minimum Gasteiger partial charge on any atom is -0.496 e. The number of methoxy groups -OCH3 is 1. The van der Waals surface area contributed by atoms with Gasteiger partial charge in [-0.1, -0.05) is 0 Å². The van der Waals surface area contributed by atoms with Gasteiger partial charge in [0.15, 0.2) is 0 Å². The molecule has 0 unspecified atom stereocenters. The number of esters is 1. The van der Waals surface area contributed by atoms with E-state index in [1.165, 1.54) is 5.38 Å². The molecule has 164 valence electrons. The number of nitrogens with one attached hydrogen (secondary N) is 1. The predicted molar refractivity (Wildman–Crippen MR) is 96.7 cm³/mol. The number of hydrazone groups is 1. The van der Waals surface area contributed by atoms with Crippen molar-refractivity contribution in [2.75, 3.05) is 19.1 Å². The lowest BCUT2D eigenvalue weighted by atomic mass is 10.0. The number of hydrogen-bond donors (Lipinski definition) is 1. The van der Waals surface area contributed by atoms with Crippen LogP contribution >= 0.6 is 11.3 Å². The third kappa shape index (κ3) is 6.08. The third-order valence-electron chi connectivity index (χ3n) is 3.53. The zero-order valence-corrected chi connectivity index (χ0v) is 16.3. The molecule has 0 saturated heterocycles. The number of carbonyl (C=O) groups is 1. The Labute approximate surface area is 170 Å². The van der Waals surface area contributed by atoms with E-state index in [1.54, 1.807) is 6.92 Å². The van der Waals surface area contributed by atoms with E-state index in [0.717, 1.165) is 18.4 Å². The second-order valence-corrected chi connectivity index (χ2v) is 6.49. The summed E-state index contributed by atoms with van der Waals surface area (Å²) in [6, 6.07) is 0.447. The van der Waals surface area contributed by atoms with Crippen LogP contribution in [0.2, 0.25) is 0 Å². The van der Waals surface area contributed by atoms with Gasteiger partial charge in [0.05, 0.1) is 43.2 Å². The average Bonchev–Trinajstić information content (AvgIpc) is 3.07. The molecule has 6 nitrogen and oxygen atoms in total. The van der Waals surface area contributed by atoms with E-state index in [4.69, 9.17) is 9.47 Å². The Morgan fingerprint density at radius 3 is 2.50 bits per heavy atom. The van der Waals surface area contributed by atoms with E-state index in [0.29, 0.717) is 18.0 Å². The standard InChI is InChI=1S/C17H15F6N3O3S/c1-3-29-14(27)6-10-8-30-15(25-10)26-24-7-11-12(17(21,22)23)4-9(16(18,19)20)5-13(11)28-2/h4-5,7-8H,3,6H2,1-2H3,(H,25,26). The number of halogens is 6. The number of thiazole rings is 1. The van der Waals surface area contributed by atoms with Crippen molar-refractivity contribution >= 4 is 28.7 Å². The van der Waals surface area contributed by atoms with Gasteiger partial charge in [0.25, 0.3) is 0 Å². The summed E-state index contributed by atoms with van der Waals surface area (Å²) in [6.45, 7) is 1.85. The first-order chi connectivity index (χ1) is 14.0. The smallest absolute Gasteiger partial charge is 0.417 e. The normalized spacial score (nSPS) is 12.3. The van der Waals surface area contributed by atoms with E-state index < -0.39 is 40.8 Å². The fraction of sp³-hybridized carbons (Fsp3) is 0.353. The largest absolute Gasteiger partial charge is 0.496 e. The molecule has 1 aromatic heterocycles. The van der Waals surface area contributed by atoms with Crippen molar-refractivity contribution < 1.29 is 40.6 Å². The fourth-order valence-electron chi connectivity index (χ4n) is 2.28. The van der Waals surface area contributed by atoms with Crippen molar-refractivity contribution in [1.82, 2.24) is 4.98 Å². The van der Waals surface area contributed by atoms with Crippen molar-refractivity contribution in [3.63, 3.8) is 0 Å². The van der Waals surface area contributed by atoms with Gasteiger partial charge >= 0.3 is 18.3 Å². The number of rotatable bonds is 7. The molecule has 0 fully saturated rings. The van der Waals surface area contributed by atoms with Gasteiger partial charge in [-0.05, 0) is 19.1 Å². The molecule has 0 bridgehead atoms. The molecule has 0 aliphatic carbocycles. The summed E-state index contributed by atoms with van der Waals surface area (Å²) >= 11 is 1.02.